The lowest BCUT2D eigenvalue weighted by Gasteiger charge is -2.26. The zero-order valence-corrected chi connectivity index (χ0v) is 17.4. The number of benzene rings is 3. The van der Waals surface area contributed by atoms with Gasteiger partial charge in [-0.1, -0.05) is 48.6 Å². The quantitative estimate of drug-likeness (QED) is 0.426. The molecule has 0 aliphatic heterocycles. The molecule has 0 aromatic heterocycles. The van der Waals surface area contributed by atoms with Gasteiger partial charge in [0.15, 0.2) is 11.6 Å². The van der Waals surface area contributed by atoms with Crippen LogP contribution in [0, 0.1) is 5.82 Å². The highest BCUT2D eigenvalue weighted by molar-refractivity contribution is 5.88. The van der Waals surface area contributed by atoms with E-state index in [0.717, 1.165) is 16.9 Å². The maximum atomic E-state index is 14.2. The molecule has 0 fully saturated rings. The van der Waals surface area contributed by atoms with Crippen molar-refractivity contribution in [1.82, 2.24) is 0 Å². The number of allylic oxidation sites excluding steroid dienone is 1. The second-order valence-electron chi connectivity index (χ2n) is 7.33. The van der Waals surface area contributed by atoms with Crippen LogP contribution in [-0.2, 0) is 10.2 Å². The third-order valence-corrected chi connectivity index (χ3v) is 5.27. The fraction of sp³-hybridized carbons (Fsp3) is 0.192. The Bertz CT molecular complexity index is 1030. The fourth-order valence-corrected chi connectivity index (χ4v) is 3.17. The van der Waals surface area contributed by atoms with E-state index in [1.807, 2.05) is 61.5 Å². The molecule has 0 radical (unpaired) electrons. The molecular weight excluding hydrogens is 379 g/mol. The molecule has 0 amide bonds. The van der Waals surface area contributed by atoms with Crippen molar-refractivity contribution in [3.63, 3.8) is 0 Å². The lowest BCUT2D eigenvalue weighted by molar-refractivity contribution is -0.121. The minimum absolute atomic E-state index is 0.0736. The number of ether oxygens (including phenoxy) is 2. The average molecular weight is 404 g/mol. The molecule has 0 aliphatic rings. The monoisotopic (exact) mass is 404 g/mol. The van der Waals surface area contributed by atoms with Gasteiger partial charge in [0.05, 0.1) is 12.5 Å². The number of para-hydroxylation sites is 1. The predicted molar refractivity (Wildman–Crippen MR) is 118 cm³/mol. The highest BCUT2D eigenvalue weighted by atomic mass is 19.1. The Morgan fingerprint density at radius 2 is 1.70 bits per heavy atom. The van der Waals surface area contributed by atoms with E-state index in [-0.39, 0.29) is 11.5 Å². The fourth-order valence-electron chi connectivity index (χ4n) is 3.17. The van der Waals surface area contributed by atoms with Crippen molar-refractivity contribution in [2.45, 2.75) is 25.7 Å². The summed E-state index contributed by atoms with van der Waals surface area (Å²) >= 11 is 0. The molecule has 0 saturated heterocycles. The van der Waals surface area contributed by atoms with Gasteiger partial charge in [-0.3, -0.25) is 4.79 Å². The first-order valence-electron chi connectivity index (χ1n) is 9.77. The molecule has 0 heterocycles. The van der Waals surface area contributed by atoms with Gasteiger partial charge in [0, 0.05) is 0 Å². The van der Waals surface area contributed by atoms with E-state index >= 15 is 0 Å². The lowest BCUT2D eigenvalue weighted by Crippen LogP contribution is -2.29. The highest BCUT2D eigenvalue weighted by Gasteiger charge is 2.30. The van der Waals surface area contributed by atoms with E-state index in [2.05, 4.69) is 0 Å². The van der Waals surface area contributed by atoms with Crippen molar-refractivity contribution in [2.75, 3.05) is 7.11 Å². The van der Waals surface area contributed by atoms with Gasteiger partial charge in [0.2, 0.25) is 0 Å². The predicted octanol–water partition coefficient (Wildman–Crippen LogP) is 6.58. The largest absolute Gasteiger partial charge is 0.497 e. The number of hydrogen-bond donors (Lipinski definition) is 0. The van der Waals surface area contributed by atoms with Crippen molar-refractivity contribution >= 4 is 11.9 Å². The molecule has 1 atom stereocenters. The second kappa shape index (κ2) is 9.40. The summed E-state index contributed by atoms with van der Waals surface area (Å²) in [5, 5.41) is 0. The molecule has 3 rings (SSSR count). The Morgan fingerprint density at radius 1 is 1.00 bits per heavy atom. The van der Waals surface area contributed by atoms with Gasteiger partial charge in [-0.05, 0) is 67.8 Å². The maximum absolute atomic E-state index is 14.2. The number of halogens is 1. The molecule has 0 aliphatic carbocycles. The maximum Gasteiger partial charge on any atom is 0.165 e. The molecule has 0 bridgehead atoms. The number of methoxy groups -OCH3 is 1. The molecule has 3 aromatic carbocycles. The zero-order chi connectivity index (χ0) is 21.6. The summed E-state index contributed by atoms with van der Waals surface area (Å²) in [6, 6.07) is 21.3. The average Bonchev–Trinajstić information content (AvgIpc) is 2.76. The Hall–Kier alpha value is -3.40. The number of carbonyl (C=O) groups excluding carboxylic acids is 1. The summed E-state index contributed by atoms with van der Waals surface area (Å²) in [4.78, 5) is 12.4. The minimum atomic E-state index is -0.661. The summed E-state index contributed by atoms with van der Waals surface area (Å²) in [7, 11) is 1.61. The molecule has 0 N–H and O–H groups in total. The topological polar surface area (TPSA) is 35.5 Å². The van der Waals surface area contributed by atoms with Gasteiger partial charge < -0.3 is 9.47 Å². The summed E-state index contributed by atoms with van der Waals surface area (Å²) in [6.45, 7) is 3.53. The molecule has 3 nitrogen and oxygen atoms in total. The van der Waals surface area contributed by atoms with Crippen LogP contribution in [0.4, 0.5) is 4.39 Å². The summed E-state index contributed by atoms with van der Waals surface area (Å²) in [5.41, 5.74) is 1.06. The van der Waals surface area contributed by atoms with Crippen LogP contribution in [0.25, 0.3) is 6.08 Å². The van der Waals surface area contributed by atoms with Crippen molar-refractivity contribution in [2.24, 2.45) is 0 Å². The van der Waals surface area contributed by atoms with Crippen LogP contribution >= 0.6 is 0 Å². The second-order valence-corrected chi connectivity index (χ2v) is 7.33. The summed E-state index contributed by atoms with van der Waals surface area (Å²) < 4.78 is 25.0. The van der Waals surface area contributed by atoms with E-state index in [1.165, 1.54) is 6.07 Å². The molecule has 4 heteroatoms. The Morgan fingerprint density at radius 3 is 2.33 bits per heavy atom. The summed E-state index contributed by atoms with van der Waals surface area (Å²) in [6.07, 6.45) is 4.33. The SMILES string of the molecule is COc1ccc(C(C)(CC=Cc2ccc(F)c(Oc3ccccc3)c2)C(C)=O)cc1. The molecule has 1 unspecified atom stereocenters. The van der Waals surface area contributed by atoms with E-state index in [0.29, 0.717) is 12.2 Å². The van der Waals surface area contributed by atoms with Gasteiger partial charge in [-0.2, -0.15) is 0 Å². The Kier molecular flexibility index (Phi) is 6.68. The van der Waals surface area contributed by atoms with Gasteiger partial charge in [0.1, 0.15) is 17.3 Å². The third-order valence-electron chi connectivity index (χ3n) is 5.27. The van der Waals surface area contributed by atoms with Gasteiger partial charge >= 0.3 is 0 Å². The van der Waals surface area contributed by atoms with E-state index < -0.39 is 11.2 Å². The number of ketones is 1. The standard InChI is InChI=1S/C26H25FO3/c1-19(28)26(2,21-12-14-22(29-3)15-13-21)17-7-8-20-11-16-24(27)25(18-20)30-23-9-5-4-6-10-23/h4-16,18H,17H2,1-3H3. The first-order valence-corrected chi connectivity index (χ1v) is 9.77. The summed E-state index contributed by atoms with van der Waals surface area (Å²) in [5.74, 6) is 1.12. The van der Waals surface area contributed by atoms with Crippen molar-refractivity contribution in [3.8, 4) is 17.2 Å². The number of rotatable bonds is 8. The number of Topliss-reactive ketones (excluding diaryl/α,β-unsaturated/α-hetero) is 1. The highest BCUT2D eigenvalue weighted by Crippen LogP contribution is 2.31. The lowest BCUT2D eigenvalue weighted by atomic mass is 9.76. The van der Waals surface area contributed by atoms with Crippen molar-refractivity contribution < 1.29 is 18.7 Å². The molecule has 0 saturated carbocycles. The van der Waals surface area contributed by atoms with Crippen LogP contribution in [0.1, 0.15) is 31.4 Å². The van der Waals surface area contributed by atoms with Crippen LogP contribution in [-0.4, -0.2) is 12.9 Å². The van der Waals surface area contributed by atoms with Crippen LogP contribution < -0.4 is 9.47 Å². The molecule has 0 spiro atoms. The molecule has 154 valence electrons. The zero-order valence-electron chi connectivity index (χ0n) is 17.4. The molecule has 3 aromatic rings. The Balaban J connectivity index is 1.78. The Labute approximate surface area is 176 Å². The smallest absolute Gasteiger partial charge is 0.165 e. The van der Waals surface area contributed by atoms with Crippen molar-refractivity contribution in [1.29, 1.82) is 0 Å². The van der Waals surface area contributed by atoms with Crippen LogP contribution in [0.3, 0.4) is 0 Å². The van der Waals surface area contributed by atoms with Crippen LogP contribution in [0.2, 0.25) is 0 Å². The first kappa shape index (κ1) is 21.3. The van der Waals surface area contributed by atoms with E-state index in [4.69, 9.17) is 9.47 Å². The number of hydrogen-bond acceptors (Lipinski definition) is 3. The third kappa shape index (κ3) is 4.95. The van der Waals surface area contributed by atoms with Crippen LogP contribution in [0.15, 0.2) is 78.9 Å². The minimum Gasteiger partial charge on any atom is -0.497 e. The van der Waals surface area contributed by atoms with E-state index in [9.17, 15) is 9.18 Å². The van der Waals surface area contributed by atoms with Crippen molar-refractivity contribution in [3.05, 3.63) is 95.8 Å². The molecule has 30 heavy (non-hydrogen) atoms. The van der Waals surface area contributed by atoms with Gasteiger partial charge in [-0.25, -0.2) is 4.39 Å². The van der Waals surface area contributed by atoms with Gasteiger partial charge in [0.25, 0.3) is 0 Å². The van der Waals surface area contributed by atoms with Gasteiger partial charge in [-0.15, -0.1) is 0 Å². The first-order chi connectivity index (χ1) is 14.4. The number of carbonyl (C=O) groups is 1. The molecular formula is C26H25FO3. The van der Waals surface area contributed by atoms with E-state index in [1.54, 1.807) is 38.3 Å². The normalized spacial score (nSPS) is 13.1. The van der Waals surface area contributed by atoms with Crippen LogP contribution in [0.5, 0.6) is 17.2 Å².